The zero-order valence-electron chi connectivity index (χ0n) is 22.2. The van der Waals surface area contributed by atoms with Gasteiger partial charge in [-0.3, -0.25) is 18.9 Å². The fraction of sp³-hybridized carbons (Fsp3) is 0.727. The van der Waals surface area contributed by atoms with Crippen molar-refractivity contribution in [1.82, 2.24) is 9.55 Å². The van der Waals surface area contributed by atoms with Gasteiger partial charge in [0, 0.05) is 25.1 Å². The number of H-pyrrole nitrogens is 1. The molecule has 2 spiro atoms. The summed E-state index contributed by atoms with van der Waals surface area (Å²) in [6.07, 6.45) is -1.73. The first-order valence-corrected chi connectivity index (χ1v) is 13.8. The van der Waals surface area contributed by atoms with E-state index in [0.717, 1.165) is 37.7 Å². The molecule has 5 atom stereocenters. The number of aromatic nitrogens is 2. The van der Waals surface area contributed by atoms with E-state index in [1.807, 2.05) is 0 Å². The van der Waals surface area contributed by atoms with Crippen molar-refractivity contribution in [2.75, 3.05) is 34.5 Å². The molecule has 0 aromatic carbocycles. The lowest BCUT2D eigenvalue weighted by Gasteiger charge is -2.34. The van der Waals surface area contributed by atoms with Crippen molar-refractivity contribution >= 4 is 20.1 Å². The maximum atomic E-state index is 15.1. The Morgan fingerprint density at radius 2 is 1.71 bits per heavy atom. The van der Waals surface area contributed by atoms with Crippen LogP contribution in [-0.4, -0.2) is 85.0 Å². The number of halogens is 1. The zero-order valence-corrected chi connectivity index (χ0v) is 23.0. The monoisotopic (exact) mass is 610 g/mol. The molecule has 2 saturated carbocycles. The molecule has 2 saturated heterocycles. The Kier molecular flexibility index (Phi) is 7.55. The molecule has 2 aliphatic heterocycles. The van der Waals surface area contributed by atoms with Crippen LogP contribution in [0.4, 0.5) is 14.0 Å². The van der Waals surface area contributed by atoms with Crippen molar-refractivity contribution in [3.05, 3.63) is 33.1 Å². The molecule has 0 bridgehead atoms. The Balaban J connectivity index is 1.48. The molecule has 1 unspecified atom stereocenters. The summed E-state index contributed by atoms with van der Waals surface area (Å²) in [6.45, 7) is -1.74. The van der Waals surface area contributed by atoms with Gasteiger partial charge in [0.1, 0.15) is 18.4 Å². The maximum absolute atomic E-state index is 15.1. The fourth-order valence-electron chi connectivity index (χ4n) is 5.87. The van der Waals surface area contributed by atoms with Gasteiger partial charge in [0.05, 0.1) is 14.2 Å². The predicted molar refractivity (Wildman–Crippen MR) is 126 cm³/mol. The lowest BCUT2D eigenvalue weighted by molar-refractivity contribution is -0.234. The van der Waals surface area contributed by atoms with Gasteiger partial charge < -0.3 is 33.2 Å². The Hall–Kier alpha value is -2.86. The van der Waals surface area contributed by atoms with Gasteiger partial charge in [-0.25, -0.2) is 32.4 Å². The van der Waals surface area contributed by atoms with Crippen LogP contribution in [0, 0.1) is 0 Å². The van der Waals surface area contributed by atoms with Crippen molar-refractivity contribution in [1.29, 1.82) is 0 Å². The topological polar surface area (TPSA) is 198 Å². The Morgan fingerprint density at radius 3 is 2.24 bits per heavy atom. The quantitative estimate of drug-likeness (QED) is 0.227. The second-order valence-electron chi connectivity index (χ2n) is 9.80. The molecule has 3 heterocycles. The number of phosphoric acid groups is 1. The van der Waals surface area contributed by atoms with Gasteiger partial charge in [-0.2, -0.15) is 0 Å². The van der Waals surface area contributed by atoms with Gasteiger partial charge >= 0.3 is 25.8 Å². The molecular formula is C22H28FN2O15P. The molecule has 1 aromatic rings. The third-order valence-electron chi connectivity index (χ3n) is 7.62. The molecule has 5 rings (SSSR count). The summed E-state index contributed by atoms with van der Waals surface area (Å²) in [6, 6.07) is 1.08. The van der Waals surface area contributed by atoms with E-state index in [-0.39, 0.29) is 0 Å². The summed E-state index contributed by atoms with van der Waals surface area (Å²) in [5, 5.41) is 0. The molecule has 0 radical (unpaired) electrons. The van der Waals surface area contributed by atoms with Crippen molar-refractivity contribution in [2.45, 2.75) is 67.5 Å². The number of hydrogen-bond donors (Lipinski definition) is 1. The van der Waals surface area contributed by atoms with Crippen LogP contribution < -0.4 is 11.2 Å². The molecule has 4 aliphatic rings. The normalized spacial score (nSPS) is 32.8. The first kappa shape index (κ1) is 29.6. The SMILES string of the molecule is COC(=O)OCOP(=O)(OCOC(=O)OC)OC1[C@]23OC4(CCCC4)O[C@@]2(C)[C@H](n2ccc(=O)[nH]c2=O)O[C@]13CF. The van der Waals surface area contributed by atoms with E-state index in [1.165, 1.54) is 13.1 Å². The molecular weight excluding hydrogens is 582 g/mol. The van der Waals surface area contributed by atoms with Crippen molar-refractivity contribution in [3.63, 3.8) is 0 Å². The molecule has 0 amide bonds. The van der Waals surface area contributed by atoms with Crippen LogP contribution in [0.2, 0.25) is 0 Å². The second-order valence-corrected chi connectivity index (χ2v) is 11.4. The summed E-state index contributed by atoms with van der Waals surface area (Å²) in [5.41, 5.74) is -6.94. The molecule has 4 fully saturated rings. The number of hydrogen-bond acceptors (Lipinski definition) is 15. The largest absolute Gasteiger partial charge is 0.510 e. The average Bonchev–Trinajstić information content (AvgIpc) is 3.24. The van der Waals surface area contributed by atoms with Crippen LogP contribution in [-0.2, 0) is 51.3 Å². The van der Waals surface area contributed by atoms with Crippen LogP contribution in [0.3, 0.4) is 0 Å². The summed E-state index contributed by atoms with van der Waals surface area (Å²) in [5.74, 6) is -1.20. The van der Waals surface area contributed by atoms with E-state index in [0.29, 0.717) is 12.8 Å². The van der Waals surface area contributed by atoms with Gasteiger partial charge in [0.25, 0.3) is 5.56 Å². The summed E-state index contributed by atoms with van der Waals surface area (Å²) >= 11 is 0. The van der Waals surface area contributed by atoms with Gasteiger partial charge in [0.15, 0.2) is 23.2 Å². The van der Waals surface area contributed by atoms with E-state index in [1.54, 1.807) is 0 Å². The molecule has 1 N–H and O–H groups in total. The van der Waals surface area contributed by atoms with E-state index < -0.39 is 86.6 Å². The number of nitrogens with one attached hydrogen (secondary N) is 1. The number of carbonyl (C=O) groups is 2. The number of phosphoric ester groups is 1. The van der Waals surface area contributed by atoms with Crippen molar-refractivity contribution in [3.8, 4) is 0 Å². The van der Waals surface area contributed by atoms with Crippen molar-refractivity contribution < 1.29 is 65.3 Å². The summed E-state index contributed by atoms with van der Waals surface area (Å²) < 4.78 is 82.3. The molecule has 19 heteroatoms. The molecule has 17 nitrogen and oxygen atoms in total. The third-order valence-corrected chi connectivity index (χ3v) is 8.94. The van der Waals surface area contributed by atoms with E-state index in [4.69, 9.17) is 27.8 Å². The van der Waals surface area contributed by atoms with Gasteiger partial charge in [-0.05, 0) is 19.8 Å². The highest BCUT2D eigenvalue weighted by Crippen LogP contribution is 2.79. The van der Waals surface area contributed by atoms with E-state index in [9.17, 15) is 23.7 Å². The Labute approximate surface area is 230 Å². The first-order valence-electron chi connectivity index (χ1n) is 12.4. The molecule has 2 aliphatic carbocycles. The first-order chi connectivity index (χ1) is 19.4. The van der Waals surface area contributed by atoms with Crippen LogP contribution in [0.1, 0.15) is 38.8 Å². The molecule has 41 heavy (non-hydrogen) atoms. The van der Waals surface area contributed by atoms with Gasteiger partial charge in [-0.15, -0.1) is 0 Å². The number of carbonyl (C=O) groups excluding carboxylic acids is 2. The minimum Gasteiger partial charge on any atom is -0.438 e. The Bertz CT molecular complexity index is 1340. The minimum atomic E-state index is -4.86. The van der Waals surface area contributed by atoms with E-state index >= 15 is 4.39 Å². The number of ether oxygens (including phenoxy) is 7. The molecule has 1 aromatic heterocycles. The lowest BCUT2D eigenvalue weighted by atomic mass is 9.94. The average molecular weight is 610 g/mol. The van der Waals surface area contributed by atoms with Gasteiger partial charge in [-0.1, -0.05) is 0 Å². The van der Waals surface area contributed by atoms with Crippen LogP contribution in [0.25, 0.3) is 0 Å². The lowest BCUT2D eigenvalue weighted by Crippen LogP contribution is -2.49. The predicted octanol–water partition coefficient (Wildman–Crippen LogP) is 1.61. The Morgan fingerprint density at radius 1 is 1.10 bits per heavy atom. The maximum Gasteiger partial charge on any atom is 0.510 e. The zero-order chi connectivity index (χ0) is 29.7. The van der Waals surface area contributed by atoms with E-state index in [2.05, 4.69) is 23.9 Å². The van der Waals surface area contributed by atoms with Gasteiger partial charge in [0.2, 0.25) is 13.6 Å². The minimum absolute atomic E-state index is 0.428. The van der Waals surface area contributed by atoms with Crippen molar-refractivity contribution in [2.24, 2.45) is 0 Å². The standard InChI is InChI=1S/C22H28FN2O15P/c1-19-15(25-9-6-13(26)24-16(25)27)37-21(10-23)14(22(19,21)40-20(39-19)7-4-5-8-20)38-41(30,35-11-33-17(28)31-2)36-12-34-18(29)32-3/h6,9,14-15H,4-5,7-8,10-12H2,1-3H3,(H,24,26,27)/t14?,15-,19+,21-,22+/m1/s1. The highest BCUT2D eigenvalue weighted by Gasteiger charge is 2.99. The number of alkyl halides is 1. The van der Waals surface area contributed by atoms with Crippen LogP contribution in [0.15, 0.2) is 21.9 Å². The highest BCUT2D eigenvalue weighted by atomic mass is 31.2. The second kappa shape index (κ2) is 10.4. The number of nitrogens with zero attached hydrogens (tertiary/aromatic N) is 1. The number of rotatable bonds is 10. The third kappa shape index (κ3) is 4.57. The number of aromatic amines is 1. The summed E-state index contributed by atoms with van der Waals surface area (Å²) in [7, 11) is -2.81. The molecule has 228 valence electrons. The summed E-state index contributed by atoms with van der Waals surface area (Å²) in [4.78, 5) is 49.2. The fourth-order valence-corrected chi connectivity index (χ4v) is 7.01. The highest BCUT2D eigenvalue weighted by molar-refractivity contribution is 7.48. The smallest absolute Gasteiger partial charge is 0.438 e. The van der Waals surface area contributed by atoms with Crippen LogP contribution in [0.5, 0.6) is 0 Å². The van der Waals surface area contributed by atoms with Crippen LogP contribution >= 0.6 is 7.82 Å². The number of methoxy groups -OCH3 is 2.